The zero-order valence-corrected chi connectivity index (χ0v) is 13.2. The molecule has 7 heteroatoms. The molecule has 2 aromatic carbocycles. The summed E-state index contributed by atoms with van der Waals surface area (Å²) in [5.74, 6) is -1.45. The second-order valence-corrected chi connectivity index (χ2v) is 6.08. The summed E-state index contributed by atoms with van der Waals surface area (Å²) in [5, 5.41) is 15.7. The summed E-state index contributed by atoms with van der Waals surface area (Å²) in [5.41, 5.74) is 1.10. The van der Waals surface area contributed by atoms with Crippen molar-refractivity contribution in [1.29, 1.82) is 5.26 Å². The maximum atomic E-state index is 13.7. The average Bonchev–Trinajstić information content (AvgIpc) is 2.94. The van der Waals surface area contributed by atoms with Gasteiger partial charge in [-0.1, -0.05) is 36.1 Å². The Morgan fingerprint density at radius 1 is 1.22 bits per heavy atom. The highest BCUT2D eigenvalue weighted by Crippen LogP contribution is 2.42. The maximum absolute atomic E-state index is 13.7. The fourth-order valence-corrected chi connectivity index (χ4v) is 3.34. The fourth-order valence-electron chi connectivity index (χ4n) is 2.01. The first-order valence-electron chi connectivity index (χ1n) is 6.53. The van der Waals surface area contributed by atoms with Gasteiger partial charge in [0.2, 0.25) is 0 Å². The van der Waals surface area contributed by atoms with Gasteiger partial charge < -0.3 is 10.6 Å². The minimum Gasteiger partial charge on any atom is -0.348 e. The molecule has 0 bridgehead atoms. The van der Waals surface area contributed by atoms with Gasteiger partial charge in [0.15, 0.2) is 0 Å². The third kappa shape index (κ3) is 3.18. The number of fused-ring (bicyclic) bond motifs is 1. The van der Waals surface area contributed by atoms with Crippen LogP contribution in [0, 0.1) is 23.0 Å². The molecule has 0 fully saturated rings. The number of nitrogens with zero attached hydrogens (tertiary/aromatic N) is 1. The highest BCUT2D eigenvalue weighted by molar-refractivity contribution is 8.03. The topological polar surface area (TPSA) is 47.9 Å². The first-order valence-corrected chi connectivity index (χ1v) is 7.75. The third-order valence-electron chi connectivity index (χ3n) is 3.09. The van der Waals surface area contributed by atoms with Crippen LogP contribution in [-0.2, 0) is 0 Å². The summed E-state index contributed by atoms with van der Waals surface area (Å²) in [4.78, 5) is 1.05. The predicted molar refractivity (Wildman–Crippen MR) is 91.1 cm³/mol. The molecular weight excluding hydrogens is 336 g/mol. The summed E-state index contributed by atoms with van der Waals surface area (Å²) in [6.07, 6.45) is 0. The Labute approximate surface area is 141 Å². The molecule has 0 radical (unpaired) electrons. The second-order valence-electron chi connectivity index (χ2n) is 4.62. The Morgan fingerprint density at radius 3 is 2.70 bits per heavy atom. The van der Waals surface area contributed by atoms with Crippen LogP contribution in [0.4, 0.5) is 20.2 Å². The quantitative estimate of drug-likeness (QED) is 0.471. The van der Waals surface area contributed by atoms with E-state index < -0.39 is 11.6 Å². The van der Waals surface area contributed by atoms with Crippen LogP contribution in [-0.4, -0.2) is 4.99 Å². The molecule has 1 aliphatic heterocycles. The van der Waals surface area contributed by atoms with Gasteiger partial charge in [-0.25, -0.2) is 8.78 Å². The molecule has 0 atom stereocenters. The molecule has 1 heterocycles. The van der Waals surface area contributed by atoms with Gasteiger partial charge in [0.05, 0.1) is 16.4 Å². The zero-order chi connectivity index (χ0) is 16.4. The summed E-state index contributed by atoms with van der Waals surface area (Å²) in [6, 6.07) is 12.7. The molecular formula is C16H9F2N3S2. The van der Waals surface area contributed by atoms with E-state index in [1.165, 1.54) is 17.8 Å². The van der Waals surface area contributed by atoms with Crippen LogP contribution >= 0.6 is 24.0 Å². The van der Waals surface area contributed by atoms with E-state index in [0.717, 1.165) is 22.7 Å². The Kier molecular flexibility index (Phi) is 4.28. The molecule has 0 aromatic heterocycles. The van der Waals surface area contributed by atoms with Gasteiger partial charge in [0, 0.05) is 11.0 Å². The lowest BCUT2D eigenvalue weighted by Crippen LogP contribution is -2.15. The number of thioether (sulfide) groups is 1. The average molecular weight is 345 g/mol. The van der Waals surface area contributed by atoms with Gasteiger partial charge in [0.1, 0.15) is 28.3 Å². The standard InChI is InChI=1S/C16H9F2N3S2/c17-9-5-6-12(11(18)7-9)20-15(22)10(8-19)16-21-13-3-1-2-4-14(13)23-16/h1-7,21H,(H,20,22)/b16-10+. The number of hydrogen-bond acceptors (Lipinski definition) is 4. The number of rotatable bonds is 2. The minimum absolute atomic E-state index is 0.0188. The zero-order valence-electron chi connectivity index (χ0n) is 11.6. The van der Waals surface area contributed by atoms with Crippen LogP contribution in [0.3, 0.4) is 0 Å². The van der Waals surface area contributed by atoms with E-state index in [1.54, 1.807) is 0 Å². The second kappa shape index (κ2) is 6.36. The Hall–Kier alpha value is -2.43. The van der Waals surface area contributed by atoms with E-state index in [9.17, 15) is 14.0 Å². The van der Waals surface area contributed by atoms with E-state index in [2.05, 4.69) is 10.6 Å². The van der Waals surface area contributed by atoms with E-state index >= 15 is 0 Å². The van der Waals surface area contributed by atoms with Crippen LogP contribution in [0.2, 0.25) is 0 Å². The smallest absolute Gasteiger partial charge is 0.149 e. The summed E-state index contributed by atoms with van der Waals surface area (Å²) < 4.78 is 26.6. The van der Waals surface area contributed by atoms with Crippen molar-refractivity contribution < 1.29 is 8.78 Å². The molecule has 0 saturated heterocycles. The fraction of sp³-hybridized carbons (Fsp3) is 0. The van der Waals surface area contributed by atoms with Crippen LogP contribution < -0.4 is 10.6 Å². The third-order valence-corrected chi connectivity index (χ3v) is 4.48. The molecule has 3 rings (SSSR count). The lowest BCUT2D eigenvalue weighted by Gasteiger charge is -2.10. The highest BCUT2D eigenvalue weighted by Gasteiger charge is 2.21. The molecule has 0 aliphatic carbocycles. The molecule has 2 N–H and O–H groups in total. The van der Waals surface area contributed by atoms with Crippen molar-refractivity contribution in [3.8, 4) is 6.07 Å². The van der Waals surface area contributed by atoms with Crippen molar-refractivity contribution in [2.75, 3.05) is 10.6 Å². The normalized spacial score (nSPS) is 14.5. The number of thiocarbonyl (C=S) groups is 1. The number of anilines is 2. The van der Waals surface area contributed by atoms with E-state index in [1.807, 2.05) is 30.3 Å². The Bertz CT molecular complexity index is 845. The molecule has 114 valence electrons. The molecule has 0 unspecified atom stereocenters. The van der Waals surface area contributed by atoms with Gasteiger partial charge >= 0.3 is 0 Å². The minimum atomic E-state index is -0.773. The number of nitrogens with one attached hydrogen (secondary N) is 2. The van der Waals surface area contributed by atoms with Crippen molar-refractivity contribution in [2.45, 2.75) is 4.90 Å². The van der Waals surface area contributed by atoms with Crippen LogP contribution in [0.5, 0.6) is 0 Å². The number of hydrogen-bond donors (Lipinski definition) is 2. The first-order chi connectivity index (χ1) is 11.1. The number of benzene rings is 2. The van der Waals surface area contributed by atoms with Crippen molar-refractivity contribution in [3.63, 3.8) is 0 Å². The maximum Gasteiger partial charge on any atom is 0.149 e. The molecule has 0 amide bonds. The molecule has 0 spiro atoms. The predicted octanol–water partition coefficient (Wildman–Crippen LogP) is 4.66. The number of halogens is 2. The van der Waals surface area contributed by atoms with Crippen LogP contribution in [0.15, 0.2) is 58.0 Å². The van der Waals surface area contributed by atoms with Crippen LogP contribution in [0.1, 0.15) is 0 Å². The molecule has 3 nitrogen and oxygen atoms in total. The highest BCUT2D eigenvalue weighted by atomic mass is 32.2. The Morgan fingerprint density at radius 2 is 2.00 bits per heavy atom. The van der Waals surface area contributed by atoms with Gasteiger partial charge in [-0.05, 0) is 24.3 Å². The largest absolute Gasteiger partial charge is 0.348 e. The first kappa shape index (κ1) is 15.5. The summed E-state index contributed by atoms with van der Waals surface area (Å²) in [6.45, 7) is 0. The molecule has 23 heavy (non-hydrogen) atoms. The van der Waals surface area contributed by atoms with Crippen LogP contribution in [0.25, 0.3) is 0 Å². The SMILES string of the molecule is N#C/C(C(=S)Nc1ccc(F)cc1F)=C1/Nc2ccccc2S1. The van der Waals surface area contributed by atoms with Crippen molar-refractivity contribution in [1.82, 2.24) is 0 Å². The van der Waals surface area contributed by atoms with Crippen molar-refractivity contribution in [3.05, 3.63) is 64.7 Å². The Balaban J connectivity index is 1.86. The lowest BCUT2D eigenvalue weighted by molar-refractivity contribution is 0.586. The van der Waals surface area contributed by atoms with Gasteiger partial charge in [-0.2, -0.15) is 5.26 Å². The van der Waals surface area contributed by atoms with Gasteiger partial charge in [-0.3, -0.25) is 0 Å². The number of nitriles is 1. The monoisotopic (exact) mass is 345 g/mol. The van der Waals surface area contributed by atoms with E-state index in [4.69, 9.17) is 12.2 Å². The molecule has 0 saturated carbocycles. The molecule has 1 aliphatic rings. The van der Waals surface area contributed by atoms with Crippen molar-refractivity contribution >= 4 is 40.3 Å². The molecule has 2 aromatic rings. The van der Waals surface area contributed by atoms with Gasteiger partial charge in [0.25, 0.3) is 0 Å². The van der Waals surface area contributed by atoms with E-state index in [-0.39, 0.29) is 16.2 Å². The number of para-hydroxylation sites is 1. The van der Waals surface area contributed by atoms with Crippen molar-refractivity contribution in [2.24, 2.45) is 0 Å². The summed E-state index contributed by atoms with van der Waals surface area (Å²) in [7, 11) is 0. The summed E-state index contributed by atoms with van der Waals surface area (Å²) >= 11 is 6.57. The van der Waals surface area contributed by atoms with Gasteiger partial charge in [-0.15, -0.1) is 0 Å². The lowest BCUT2D eigenvalue weighted by atomic mass is 10.2. The van der Waals surface area contributed by atoms with E-state index in [0.29, 0.717) is 5.03 Å².